The zero-order valence-electron chi connectivity index (χ0n) is 17.5. The first kappa shape index (κ1) is 23.4. The zero-order valence-corrected chi connectivity index (χ0v) is 19.2. The monoisotopic (exact) mass is 505 g/mol. The van der Waals surface area contributed by atoms with Crippen LogP contribution < -0.4 is 0 Å². The van der Waals surface area contributed by atoms with Crippen molar-refractivity contribution in [3.05, 3.63) is 75.8 Å². The number of non-ortho nitro benzene ring substituents is 1. The second kappa shape index (κ2) is 7.95. The number of nitrogens with zero attached hydrogens (tertiary/aromatic N) is 3. The number of rotatable bonds is 6. The van der Waals surface area contributed by atoms with Gasteiger partial charge in [-0.1, -0.05) is 18.2 Å². The Hall–Kier alpha value is -3.72. The van der Waals surface area contributed by atoms with Crippen molar-refractivity contribution in [3.63, 3.8) is 0 Å². The summed E-state index contributed by atoms with van der Waals surface area (Å²) >= 11 is 0. The molecule has 0 spiro atoms. The van der Waals surface area contributed by atoms with E-state index in [4.69, 9.17) is 4.28 Å². The summed E-state index contributed by atoms with van der Waals surface area (Å²) in [7, 11) is -6.23. The molecular formula is C20H15N3O9S2. The molecule has 0 aromatic heterocycles. The number of benzene rings is 3. The van der Waals surface area contributed by atoms with Crippen molar-refractivity contribution in [3.8, 4) is 0 Å². The molecule has 0 unspecified atom stereocenters. The number of hydrogen-bond donors (Lipinski definition) is 0. The van der Waals surface area contributed by atoms with Crippen molar-refractivity contribution in [1.82, 2.24) is 9.37 Å². The van der Waals surface area contributed by atoms with E-state index in [2.05, 4.69) is 0 Å². The Kier molecular flexibility index (Phi) is 5.48. The highest BCUT2D eigenvalue weighted by Crippen LogP contribution is 2.34. The maximum absolute atomic E-state index is 13.1. The van der Waals surface area contributed by atoms with Crippen LogP contribution in [0, 0.1) is 10.1 Å². The molecule has 176 valence electrons. The number of carbonyl (C=O) groups excluding carboxylic acids is 2. The molecule has 0 fully saturated rings. The van der Waals surface area contributed by atoms with Gasteiger partial charge in [0.2, 0.25) is 10.0 Å². The Labute approximate surface area is 193 Å². The lowest BCUT2D eigenvalue weighted by molar-refractivity contribution is -0.385. The third-order valence-electron chi connectivity index (χ3n) is 5.05. The predicted octanol–water partition coefficient (Wildman–Crippen LogP) is 1.91. The van der Waals surface area contributed by atoms with Crippen molar-refractivity contribution >= 4 is 48.4 Å². The Bertz CT molecular complexity index is 1610. The van der Waals surface area contributed by atoms with Crippen molar-refractivity contribution in [2.75, 3.05) is 14.1 Å². The van der Waals surface area contributed by atoms with Crippen LogP contribution in [0.15, 0.2) is 64.4 Å². The molecule has 0 bridgehead atoms. The molecule has 14 heteroatoms. The summed E-state index contributed by atoms with van der Waals surface area (Å²) in [4.78, 5) is 35.4. The van der Waals surface area contributed by atoms with Crippen molar-refractivity contribution < 1.29 is 35.6 Å². The normalized spacial score (nSPS) is 14.1. The summed E-state index contributed by atoms with van der Waals surface area (Å²) in [5.41, 5.74) is -0.896. The van der Waals surface area contributed by atoms with Gasteiger partial charge >= 0.3 is 10.1 Å². The number of hydroxylamine groups is 2. The summed E-state index contributed by atoms with van der Waals surface area (Å²) in [5, 5.41) is 11.4. The summed E-state index contributed by atoms with van der Waals surface area (Å²) < 4.78 is 56.5. The second-order valence-electron chi connectivity index (χ2n) is 7.35. The van der Waals surface area contributed by atoms with Gasteiger partial charge in [-0.15, -0.1) is 9.35 Å². The molecule has 34 heavy (non-hydrogen) atoms. The Morgan fingerprint density at radius 2 is 1.53 bits per heavy atom. The molecule has 1 aliphatic rings. The largest absolute Gasteiger partial charge is 0.318 e. The molecule has 4 rings (SSSR count). The lowest BCUT2D eigenvalue weighted by Crippen LogP contribution is -2.42. The van der Waals surface area contributed by atoms with Crippen LogP contribution in [-0.2, 0) is 24.4 Å². The van der Waals surface area contributed by atoms with Crippen molar-refractivity contribution in [2.45, 2.75) is 9.79 Å². The fourth-order valence-electron chi connectivity index (χ4n) is 3.38. The average molecular weight is 505 g/mol. The van der Waals surface area contributed by atoms with Gasteiger partial charge in [0.1, 0.15) is 4.90 Å². The predicted molar refractivity (Wildman–Crippen MR) is 117 cm³/mol. The molecule has 12 nitrogen and oxygen atoms in total. The first-order valence-electron chi connectivity index (χ1n) is 9.42. The minimum atomic E-state index is -4.85. The minimum absolute atomic E-state index is 0.00265. The van der Waals surface area contributed by atoms with E-state index in [1.807, 2.05) is 0 Å². The topological polar surface area (TPSA) is 161 Å². The number of nitro groups is 1. The molecule has 1 heterocycles. The second-order valence-corrected chi connectivity index (χ2v) is 11.0. The number of carbonyl (C=O) groups is 2. The van der Waals surface area contributed by atoms with Crippen LogP contribution >= 0.6 is 0 Å². The highest BCUT2D eigenvalue weighted by Gasteiger charge is 2.39. The van der Waals surface area contributed by atoms with Gasteiger partial charge in [-0.2, -0.15) is 8.42 Å². The third kappa shape index (κ3) is 3.71. The molecule has 0 atom stereocenters. The smallest absolute Gasteiger partial charge is 0.266 e. The van der Waals surface area contributed by atoms with E-state index in [-0.39, 0.29) is 31.9 Å². The summed E-state index contributed by atoms with van der Waals surface area (Å²) in [6.07, 6.45) is 0. The molecule has 3 aromatic rings. The summed E-state index contributed by atoms with van der Waals surface area (Å²) in [6.45, 7) is 0. The lowest BCUT2D eigenvalue weighted by atomic mass is 9.95. The van der Waals surface area contributed by atoms with Crippen LogP contribution in [0.2, 0.25) is 0 Å². The molecule has 0 saturated heterocycles. The highest BCUT2D eigenvalue weighted by atomic mass is 32.2. The summed E-state index contributed by atoms with van der Waals surface area (Å²) in [6, 6.07) is 10.5. The van der Waals surface area contributed by atoms with E-state index in [0.717, 1.165) is 28.6 Å². The van der Waals surface area contributed by atoms with Gasteiger partial charge in [-0.3, -0.25) is 19.7 Å². The maximum Gasteiger partial charge on any atom is 0.318 e. The van der Waals surface area contributed by atoms with Gasteiger partial charge in [0.15, 0.2) is 0 Å². The Morgan fingerprint density at radius 1 is 0.882 bits per heavy atom. The van der Waals surface area contributed by atoms with E-state index in [1.54, 1.807) is 0 Å². The molecule has 0 saturated carbocycles. The van der Waals surface area contributed by atoms with E-state index < -0.39 is 47.5 Å². The molecule has 0 aliphatic carbocycles. The average Bonchev–Trinajstić information content (AvgIpc) is 2.79. The Balaban J connectivity index is 1.84. The van der Waals surface area contributed by atoms with Gasteiger partial charge in [0.05, 0.1) is 20.9 Å². The minimum Gasteiger partial charge on any atom is -0.266 e. The van der Waals surface area contributed by atoms with Crippen LogP contribution in [0.25, 0.3) is 10.8 Å². The quantitative estimate of drug-likeness (QED) is 0.277. The van der Waals surface area contributed by atoms with Crippen LogP contribution in [0.3, 0.4) is 0 Å². The van der Waals surface area contributed by atoms with Gasteiger partial charge < -0.3 is 0 Å². The van der Waals surface area contributed by atoms with Crippen molar-refractivity contribution in [1.29, 1.82) is 0 Å². The van der Waals surface area contributed by atoms with Crippen LogP contribution in [-0.4, -0.2) is 57.0 Å². The highest BCUT2D eigenvalue weighted by molar-refractivity contribution is 7.89. The van der Waals surface area contributed by atoms with Gasteiger partial charge in [0, 0.05) is 31.6 Å². The van der Waals surface area contributed by atoms with Crippen LogP contribution in [0.4, 0.5) is 5.69 Å². The molecule has 2 amide bonds. The molecule has 3 aromatic carbocycles. The van der Waals surface area contributed by atoms with Crippen molar-refractivity contribution in [2.24, 2.45) is 0 Å². The molecule has 1 aliphatic heterocycles. The lowest BCUT2D eigenvalue weighted by Gasteiger charge is -2.26. The number of sulfonamides is 1. The molecule has 0 N–H and O–H groups in total. The Morgan fingerprint density at radius 3 is 2.18 bits per heavy atom. The molecular weight excluding hydrogens is 490 g/mol. The first-order chi connectivity index (χ1) is 15.8. The fraction of sp³-hybridized carbons (Fsp3) is 0.100. The fourth-order valence-corrected chi connectivity index (χ4v) is 5.27. The SMILES string of the molecule is CN(C)S(=O)(=O)c1cc2c3c(cccc3c1)C(=O)N(OS(=O)(=O)c1cccc([N+](=O)[O-])c1)C2=O. The molecule has 0 radical (unpaired) electrons. The summed E-state index contributed by atoms with van der Waals surface area (Å²) in [5.74, 6) is -2.31. The number of nitro benzene ring substituents is 1. The van der Waals surface area contributed by atoms with E-state index in [9.17, 15) is 36.5 Å². The van der Waals surface area contributed by atoms with Crippen LogP contribution in [0.5, 0.6) is 0 Å². The zero-order chi connectivity index (χ0) is 25.0. The first-order valence-corrected chi connectivity index (χ1v) is 12.3. The van der Waals surface area contributed by atoms with Gasteiger partial charge in [-0.25, -0.2) is 12.7 Å². The maximum atomic E-state index is 13.1. The van der Waals surface area contributed by atoms with E-state index in [1.165, 1.54) is 38.4 Å². The van der Waals surface area contributed by atoms with E-state index in [0.29, 0.717) is 6.07 Å². The standard InChI is InChI=1S/C20H15N3O9S2/c1-21(2)33(28,29)15-9-12-5-3-8-16-18(12)17(11-15)20(25)22(19(16)24)32-34(30,31)14-7-4-6-13(10-14)23(26)27/h3-11H,1-2H3. The van der Waals surface area contributed by atoms with Gasteiger partial charge in [-0.05, 0) is 29.7 Å². The van der Waals surface area contributed by atoms with Gasteiger partial charge in [0.25, 0.3) is 17.5 Å². The third-order valence-corrected chi connectivity index (χ3v) is 8.02. The number of hydrogen-bond acceptors (Lipinski definition) is 9. The number of amides is 2. The van der Waals surface area contributed by atoms with Crippen LogP contribution in [0.1, 0.15) is 20.7 Å². The number of imide groups is 1. The van der Waals surface area contributed by atoms with E-state index >= 15 is 0 Å².